The molecule has 0 spiro atoms. The molecule has 2 rings (SSSR count). The lowest BCUT2D eigenvalue weighted by molar-refractivity contribution is 0.109. The fourth-order valence-corrected chi connectivity index (χ4v) is 2.99. The molecular weight excluding hydrogens is 272 g/mol. The maximum Gasteiger partial charge on any atom is 0.0846 e. The molecule has 1 atom stereocenters. The number of hydrogen-bond donors (Lipinski definition) is 1. The quantitative estimate of drug-likeness (QED) is 0.758. The van der Waals surface area contributed by atoms with Crippen LogP contribution in [0.1, 0.15) is 11.3 Å². The van der Waals surface area contributed by atoms with Gasteiger partial charge in [-0.15, -0.1) is 13.2 Å². The fourth-order valence-electron chi connectivity index (χ4n) is 2.99. The number of nitrogens with zero attached hydrogens (tertiary/aromatic N) is 2. The summed E-state index contributed by atoms with van der Waals surface area (Å²) in [5.41, 5.74) is 3.70. The molecule has 1 aromatic heterocycles. The van der Waals surface area contributed by atoms with E-state index in [1.54, 1.807) is 0 Å². The molecule has 0 saturated carbocycles. The second-order valence-electron chi connectivity index (χ2n) is 5.79. The molecule has 0 unspecified atom stereocenters. The Labute approximate surface area is 133 Å². The Bertz CT molecular complexity index is 647. The molecule has 3 nitrogen and oxygen atoms in total. The normalized spacial score (nSPS) is 12.7. The van der Waals surface area contributed by atoms with Gasteiger partial charge in [0.1, 0.15) is 0 Å². The van der Waals surface area contributed by atoms with Gasteiger partial charge in [0.05, 0.1) is 12.6 Å². The van der Waals surface area contributed by atoms with Crippen molar-refractivity contribution in [3.63, 3.8) is 0 Å². The number of para-hydroxylation sites is 1. The summed E-state index contributed by atoms with van der Waals surface area (Å²) in [6.07, 6.45) is 3.29. The highest BCUT2D eigenvalue weighted by molar-refractivity contribution is 5.85. The molecule has 1 heterocycles. The van der Waals surface area contributed by atoms with E-state index in [0.29, 0.717) is 13.1 Å². The largest absolute Gasteiger partial charge is 0.390 e. The third-order valence-corrected chi connectivity index (χ3v) is 4.18. The maximum atomic E-state index is 10.5. The van der Waals surface area contributed by atoms with E-state index in [4.69, 9.17) is 0 Å². The van der Waals surface area contributed by atoms with Gasteiger partial charge in [-0.25, -0.2) is 0 Å². The molecule has 118 valence electrons. The first-order valence-electron chi connectivity index (χ1n) is 7.75. The summed E-state index contributed by atoms with van der Waals surface area (Å²) in [5.74, 6) is 0. The van der Waals surface area contributed by atoms with E-state index < -0.39 is 6.10 Å². The second kappa shape index (κ2) is 7.43. The molecule has 0 aliphatic heterocycles. The molecule has 3 heteroatoms. The first kappa shape index (κ1) is 16.5. The van der Waals surface area contributed by atoms with E-state index in [1.807, 2.05) is 18.2 Å². The van der Waals surface area contributed by atoms with Gasteiger partial charge in [0.2, 0.25) is 0 Å². The van der Waals surface area contributed by atoms with E-state index in [9.17, 15) is 5.11 Å². The summed E-state index contributed by atoms with van der Waals surface area (Å²) < 4.78 is 2.22. The summed E-state index contributed by atoms with van der Waals surface area (Å²) >= 11 is 0. The van der Waals surface area contributed by atoms with Crippen LogP contribution < -0.4 is 0 Å². The lowest BCUT2D eigenvalue weighted by Crippen LogP contribution is -2.35. The van der Waals surface area contributed by atoms with E-state index in [1.165, 1.54) is 22.2 Å². The van der Waals surface area contributed by atoms with Crippen LogP contribution in [0.25, 0.3) is 10.9 Å². The zero-order chi connectivity index (χ0) is 16.1. The zero-order valence-corrected chi connectivity index (χ0v) is 13.6. The predicted molar refractivity (Wildman–Crippen MR) is 94.3 cm³/mol. The van der Waals surface area contributed by atoms with Gasteiger partial charge in [-0.3, -0.25) is 4.90 Å². The number of aromatic nitrogens is 1. The van der Waals surface area contributed by atoms with Crippen molar-refractivity contribution in [2.45, 2.75) is 26.5 Å². The number of fused-ring (bicyclic) bond motifs is 1. The van der Waals surface area contributed by atoms with E-state index in [0.717, 1.165) is 13.1 Å². The number of rotatable bonds is 8. The van der Waals surface area contributed by atoms with Crippen molar-refractivity contribution >= 4 is 10.9 Å². The Kier molecular flexibility index (Phi) is 5.58. The van der Waals surface area contributed by atoms with Crippen LogP contribution >= 0.6 is 0 Å². The van der Waals surface area contributed by atoms with Crippen molar-refractivity contribution in [1.29, 1.82) is 0 Å². The molecule has 0 aliphatic rings. The second-order valence-corrected chi connectivity index (χ2v) is 5.79. The number of aliphatic hydroxyl groups excluding tert-OH is 1. The molecule has 0 amide bonds. The Morgan fingerprint density at radius 1 is 1.18 bits per heavy atom. The first-order valence-corrected chi connectivity index (χ1v) is 7.75. The predicted octanol–water partition coefficient (Wildman–Crippen LogP) is 3.29. The third-order valence-electron chi connectivity index (χ3n) is 4.18. The Morgan fingerprint density at radius 3 is 2.45 bits per heavy atom. The average molecular weight is 298 g/mol. The lowest BCUT2D eigenvalue weighted by Gasteiger charge is -2.23. The Balaban J connectivity index is 2.18. The van der Waals surface area contributed by atoms with Gasteiger partial charge in [-0.2, -0.15) is 0 Å². The highest BCUT2D eigenvalue weighted by Gasteiger charge is 2.15. The van der Waals surface area contributed by atoms with Gasteiger partial charge < -0.3 is 9.67 Å². The van der Waals surface area contributed by atoms with Crippen LogP contribution in [0.3, 0.4) is 0 Å². The minimum absolute atomic E-state index is 0.422. The standard InChI is InChI=1S/C19H26N2O/c1-5-11-20(12-6-2)13-17(22)14-21-16(4)15(3)18-9-7-8-10-19(18)21/h5-10,17,22H,1-2,11-14H2,3-4H3/t17-/m1/s1. The van der Waals surface area contributed by atoms with Crippen molar-refractivity contribution in [3.8, 4) is 0 Å². The van der Waals surface area contributed by atoms with Gasteiger partial charge in [0.25, 0.3) is 0 Å². The topological polar surface area (TPSA) is 28.4 Å². The number of benzene rings is 1. The molecular formula is C19H26N2O. The monoisotopic (exact) mass is 298 g/mol. The molecule has 0 bridgehead atoms. The molecule has 0 saturated heterocycles. The minimum Gasteiger partial charge on any atom is -0.390 e. The molecule has 0 aliphatic carbocycles. The third kappa shape index (κ3) is 3.49. The van der Waals surface area contributed by atoms with Crippen LogP contribution in [0.2, 0.25) is 0 Å². The average Bonchev–Trinajstić information content (AvgIpc) is 2.73. The molecule has 1 aromatic carbocycles. The van der Waals surface area contributed by atoms with Gasteiger partial charge in [0.15, 0.2) is 0 Å². The van der Waals surface area contributed by atoms with Gasteiger partial charge in [0, 0.05) is 36.2 Å². The first-order chi connectivity index (χ1) is 10.6. The Morgan fingerprint density at radius 2 is 1.82 bits per heavy atom. The smallest absolute Gasteiger partial charge is 0.0846 e. The summed E-state index contributed by atoms with van der Waals surface area (Å²) in [7, 11) is 0. The lowest BCUT2D eigenvalue weighted by atomic mass is 10.2. The minimum atomic E-state index is -0.422. The van der Waals surface area contributed by atoms with Crippen LogP contribution in [0.5, 0.6) is 0 Å². The van der Waals surface area contributed by atoms with Crippen molar-refractivity contribution < 1.29 is 5.11 Å². The van der Waals surface area contributed by atoms with Crippen molar-refractivity contribution in [3.05, 3.63) is 60.8 Å². The Hall–Kier alpha value is -1.84. The molecule has 0 radical (unpaired) electrons. The van der Waals surface area contributed by atoms with Crippen molar-refractivity contribution in [1.82, 2.24) is 9.47 Å². The van der Waals surface area contributed by atoms with Crippen LogP contribution in [0, 0.1) is 13.8 Å². The number of aryl methyl sites for hydroxylation is 1. The maximum absolute atomic E-state index is 10.5. The van der Waals surface area contributed by atoms with Crippen LogP contribution in [-0.2, 0) is 6.54 Å². The summed E-state index contributed by atoms with van der Waals surface area (Å²) in [4.78, 5) is 2.14. The summed E-state index contributed by atoms with van der Waals surface area (Å²) in [6, 6.07) is 8.37. The molecule has 0 fully saturated rings. The van der Waals surface area contributed by atoms with Crippen LogP contribution in [0.15, 0.2) is 49.6 Å². The van der Waals surface area contributed by atoms with Gasteiger partial charge in [-0.05, 0) is 25.5 Å². The van der Waals surface area contributed by atoms with E-state index in [2.05, 4.69) is 54.7 Å². The molecule has 22 heavy (non-hydrogen) atoms. The fraction of sp³-hybridized carbons (Fsp3) is 0.368. The highest BCUT2D eigenvalue weighted by atomic mass is 16.3. The molecule has 1 N–H and O–H groups in total. The van der Waals surface area contributed by atoms with Crippen molar-refractivity contribution in [2.24, 2.45) is 0 Å². The van der Waals surface area contributed by atoms with Crippen LogP contribution in [-0.4, -0.2) is 40.3 Å². The van der Waals surface area contributed by atoms with Crippen LogP contribution in [0.4, 0.5) is 0 Å². The highest BCUT2D eigenvalue weighted by Crippen LogP contribution is 2.25. The SMILES string of the molecule is C=CCN(CC=C)C[C@@H](O)Cn1c(C)c(C)c2ccccc21. The van der Waals surface area contributed by atoms with Gasteiger partial charge in [-0.1, -0.05) is 30.4 Å². The summed E-state index contributed by atoms with van der Waals surface area (Å²) in [5, 5.41) is 11.8. The van der Waals surface area contributed by atoms with E-state index >= 15 is 0 Å². The van der Waals surface area contributed by atoms with Gasteiger partial charge >= 0.3 is 0 Å². The number of aliphatic hydroxyl groups is 1. The van der Waals surface area contributed by atoms with E-state index in [-0.39, 0.29) is 0 Å². The summed E-state index contributed by atoms with van der Waals surface area (Å²) in [6.45, 7) is 14.5. The van der Waals surface area contributed by atoms with Crippen molar-refractivity contribution in [2.75, 3.05) is 19.6 Å². The zero-order valence-electron chi connectivity index (χ0n) is 13.6. The molecule has 2 aromatic rings. The number of hydrogen-bond acceptors (Lipinski definition) is 2.